The number of unbranched alkanes of at least 4 members (excludes halogenated alkanes) is 2. The minimum absolute atomic E-state index is 0.115. The maximum Gasteiger partial charge on any atom is 0.320 e. The molecule has 0 radical (unpaired) electrons. The van der Waals surface area contributed by atoms with Crippen molar-refractivity contribution in [2.45, 2.75) is 58.7 Å². The molecule has 0 amide bonds. The van der Waals surface area contributed by atoms with Crippen molar-refractivity contribution in [3.8, 4) is 11.5 Å². The lowest BCUT2D eigenvalue weighted by Gasteiger charge is -2.16. The van der Waals surface area contributed by atoms with Crippen LogP contribution >= 0.6 is 23.2 Å². The molecule has 4 aromatic rings. The highest BCUT2D eigenvalue weighted by molar-refractivity contribution is 6.31. The first kappa shape index (κ1) is 36.7. The first-order chi connectivity index (χ1) is 23.2. The molecule has 48 heavy (non-hydrogen) atoms. The van der Waals surface area contributed by atoms with Crippen LogP contribution in [0.5, 0.6) is 11.5 Å². The fourth-order valence-electron chi connectivity index (χ4n) is 4.77. The Bertz CT molecular complexity index is 1510. The SMILES string of the molecule is CCCCCC(C(=O)OCCc1ccc(OCc2ccc(F)cc2Cl)cc1)C(=O)OCCc1ccc(OCc2ccc(F)cc2Cl)cc1. The van der Waals surface area contributed by atoms with Crippen molar-refractivity contribution in [3.05, 3.63) is 129 Å². The first-order valence-corrected chi connectivity index (χ1v) is 16.6. The number of carbonyl (C=O) groups is 2. The molecule has 0 spiro atoms. The predicted octanol–water partition coefficient (Wildman–Crippen LogP) is 9.50. The van der Waals surface area contributed by atoms with E-state index in [9.17, 15) is 18.4 Å². The molecule has 0 atom stereocenters. The molecule has 0 aliphatic heterocycles. The normalized spacial score (nSPS) is 11.0. The first-order valence-electron chi connectivity index (χ1n) is 15.9. The van der Waals surface area contributed by atoms with E-state index in [1.54, 1.807) is 36.4 Å². The van der Waals surface area contributed by atoms with E-state index >= 15 is 0 Å². The van der Waals surface area contributed by atoms with Crippen LogP contribution in [0.2, 0.25) is 10.0 Å². The zero-order valence-electron chi connectivity index (χ0n) is 26.7. The van der Waals surface area contributed by atoms with Gasteiger partial charge in [0.2, 0.25) is 0 Å². The second-order valence-corrected chi connectivity index (χ2v) is 12.0. The van der Waals surface area contributed by atoms with Gasteiger partial charge >= 0.3 is 11.9 Å². The Morgan fingerprint density at radius 3 is 1.48 bits per heavy atom. The molecule has 0 fully saturated rings. The lowest BCUT2D eigenvalue weighted by atomic mass is 10.0. The molecule has 10 heteroatoms. The maximum atomic E-state index is 13.3. The van der Waals surface area contributed by atoms with Crippen LogP contribution in [0.3, 0.4) is 0 Å². The number of benzene rings is 4. The van der Waals surface area contributed by atoms with Crippen LogP contribution < -0.4 is 9.47 Å². The van der Waals surface area contributed by atoms with Crippen LogP contribution in [-0.2, 0) is 45.1 Å². The second kappa shape index (κ2) is 19.0. The lowest BCUT2D eigenvalue weighted by Crippen LogP contribution is -2.29. The van der Waals surface area contributed by atoms with E-state index in [2.05, 4.69) is 0 Å². The van der Waals surface area contributed by atoms with E-state index < -0.39 is 29.5 Å². The minimum atomic E-state index is -0.986. The van der Waals surface area contributed by atoms with Crippen molar-refractivity contribution < 1.29 is 37.3 Å². The molecule has 0 N–H and O–H groups in total. The van der Waals surface area contributed by atoms with Crippen molar-refractivity contribution in [1.82, 2.24) is 0 Å². The molecule has 4 aromatic carbocycles. The molecular formula is C38H38Cl2F2O6. The van der Waals surface area contributed by atoms with Crippen LogP contribution in [0.15, 0.2) is 84.9 Å². The number of rotatable bonds is 18. The van der Waals surface area contributed by atoms with Gasteiger partial charge in [-0.3, -0.25) is 9.59 Å². The highest BCUT2D eigenvalue weighted by atomic mass is 35.5. The third kappa shape index (κ3) is 11.8. The molecule has 0 bridgehead atoms. The van der Waals surface area contributed by atoms with E-state index in [0.29, 0.717) is 58.4 Å². The number of hydrogen-bond acceptors (Lipinski definition) is 6. The summed E-state index contributed by atoms with van der Waals surface area (Å²) in [6.45, 7) is 2.67. The number of halogens is 4. The number of esters is 2. The summed E-state index contributed by atoms with van der Waals surface area (Å²) in [5.41, 5.74) is 3.20. The lowest BCUT2D eigenvalue weighted by molar-refractivity contribution is -0.162. The fourth-order valence-corrected chi connectivity index (χ4v) is 5.22. The quantitative estimate of drug-likeness (QED) is 0.0586. The van der Waals surface area contributed by atoms with Crippen molar-refractivity contribution in [2.75, 3.05) is 13.2 Å². The molecule has 0 saturated heterocycles. The zero-order chi connectivity index (χ0) is 34.3. The summed E-state index contributed by atoms with van der Waals surface area (Å²) in [5.74, 6) is -1.74. The Labute approximate surface area is 289 Å². The van der Waals surface area contributed by atoms with Gasteiger partial charge in [-0.05, 0) is 66.1 Å². The third-order valence-electron chi connectivity index (χ3n) is 7.60. The van der Waals surface area contributed by atoms with Crippen LogP contribution in [0, 0.1) is 17.6 Å². The minimum Gasteiger partial charge on any atom is -0.489 e. The van der Waals surface area contributed by atoms with E-state index in [4.69, 9.17) is 42.1 Å². The molecule has 0 aliphatic rings. The molecular weight excluding hydrogens is 661 g/mol. The molecule has 0 aromatic heterocycles. The largest absolute Gasteiger partial charge is 0.489 e. The highest BCUT2D eigenvalue weighted by Gasteiger charge is 2.29. The van der Waals surface area contributed by atoms with Gasteiger partial charge in [-0.2, -0.15) is 0 Å². The van der Waals surface area contributed by atoms with Gasteiger partial charge in [0.15, 0.2) is 5.92 Å². The maximum absolute atomic E-state index is 13.3. The summed E-state index contributed by atoms with van der Waals surface area (Å²) < 4.78 is 49.0. The summed E-state index contributed by atoms with van der Waals surface area (Å²) in [7, 11) is 0. The zero-order valence-corrected chi connectivity index (χ0v) is 28.2. The third-order valence-corrected chi connectivity index (χ3v) is 8.30. The summed E-state index contributed by atoms with van der Waals surface area (Å²) in [5, 5.41) is 0.601. The Hall–Kier alpha value is -4.14. The number of carbonyl (C=O) groups excluding carboxylic acids is 2. The summed E-state index contributed by atoms with van der Waals surface area (Å²) >= 11 is 12.1. The number of hydrogen-bond donors (Lipinski definition) is 0. The molecule has 0 aliphatic carbocycles. The topological polar surface area (TPSA) is 71.1 Å². The highest BCUT2D eigenvalue weighted by Crippen LogP contribution is 2.22. The van der Waals surface area contributed by atoms with Gasteiger partial charge in [-0.15, -0.1) is 0 Å². The van der Waals surface area contributed by atoms with Crippen LogP contribution in [0.1, 0.15) is 54.9 Å². The van der Waals surface area contributed by atoms with Crippen LogP contribution in [-0.4, -0.2) is 25.2 Å². The predicted molar refractivity (Wildman–Crippen MR) is 181 cm³/mol. The Morgan fingerprint density at radius 2 is 1.08 bits per heavy atom. The summed E-state index contributed by atoms with van der Waals surface area (Å²) in [6, 6.07) is 22.9. The van der Waals surface area contributed by atoms with Gasteiger partial charge in [-0.1, -0.05) is 85.8 Å². The Morgan fingerprint density at radius 1 is 0.646 bits per heavy atom. The summed E-state index contributed by atoms with van der Waals surface area (Å²) in [4.78, 5) is 25.9. The van der Waals surface area contributed by atoms with E-state index in [-0.39, 0.29) is 26.4 Å². The monoisotopic (exact) mass is 698 g/mol. The average Bonchev–Trinajstić information content (AvgIpc) is 3.07. The molecule has 254 valence electrons. The van der Waals surface area contributed by atoms with Gasteiger partial charge in [0, 0.05) is 24.0 Å². The molecule has 4 rings (SSSR count). The molecule has 0 heterocycles. The van der Waals surface area contributed by atoms with Gasteiger partial charge in [-0.25, -0.2) is 8.78 Å². The van der Waals surface area contributed by atoms with Crippen molar-refractivity contribution in [2.24, 2.45) is 5.92 Å². The van der Waals surface area contributed by atoms with Gasteiger partial charge < -0.3 is 18.9 Å². The van der Waals surface area contributed by atoms with Crippen molar-refractivity contribution >= 4 is 35.1 Å². The van der Waals surface area contributed by atoms with E-state index in [0.717, 1.165) is 24.0 Å². The number of ether oxygens (including phenoxy) is 4. The Kier molecular flexibility index (Phi) is 14.5. The van der Waals surface area contributed by atoms with Crippen LogP contribution in [0.25, 0.3) is 0 Å². The van der Waals surface area contributed by atoms with Gasteiger partial charge in [0.1, 0.15) is 36.3 Å². The van der Waals surface area contributed by atoms with Crippen LogP contribution in [0.4, 0.5) is 8.78 Å². The molecule has 6 nitrogen and oxygen atoms in total. The standard InChI is InChI=1S/C38H38Cl2F2O6/c1-2-3-4-5-34(37(43)45-20-18-26-6-14-32(15-7-26)47-24-28-10-12-30(41)22-35(28)39)38(44)46-21-19-27-8-16-33(17-9-27)48-25-29-11-13-31(42)23-36(29)40/h6-17,22-23,34H,2-5,18-21,24-25H2,1H3. The average molecular weight is 700 g/mol. The smallest absolute Gasteiger partial charge is 0.320 e. The van der Waals surface area contributed by atoms with E-state index in [1.165, 1.54) is 24.3 Å². The molecule has 0 saturated carbocycles. The van der Waals surface area contributed by atoms with Crippen molar-refractivity contribution in [1.29, 1.82) is 0 Å². The molecule has 0 unspecified atom stereocenters. The Balaban J connectivity index is 1.20. The summed E-state index contributed by atoms with van der Waals surface area (Å²) in [6.07, 6.45) is 3.83. The van der Waals surface area contributed by atoms with Crippen molar-refractivity contribution in [3.63, 3.8) is 0 Å². The van der Waals surface area contributed by atoms with Gasteiger partial charge in [0.05, 0.1) is 23.3 Å². The van der Waals surface area contributed by atoms with E-state index in [1.807, 2.05) is 31.2 Å². The van der Waals surface area contributed by atoms with Gasteiger partial charge in [0.25, 0.3) is 0 Å². The fraction of sp³-hybridized carbons (Fsp3) is 0.316. The second-order valence-electron chi connectivity index (χ2n) is 11.2.